The molecule has 1 unspecified atom stereocenters. The molecule has 1 aliphatic heterocycles. The highest BCUT2D eigenvalue weighted by Crippen LogP contribution is 2.13. The number of nitrogens with zero attached hydrogens (tertiary/aromatic N) is 2. The molecule has 1 aromatic rings. The maximum absolute atomic E-state index is 12.0. The summed E-state index contributed by atoms with van der Waals surface area (Å²) < 4.78 is 0. The van der Waals surface area contributed by atoms with Gasteiger partial charge in [0.25, 0.3) is 0 Å². The molecular formula is C15H22N2O. The van der Waals surface area contributed by atoms with Crippen molar-refractivity contribution in [2.75, 3.05) is 33.7 Å². The minimum absolute atomic E-state index is 0.320. The fourth-order valence-electron chi connectivity index (χ4n) is 2.51. The van der Waals surface area contributed by atoms with Crippen LogP contribution in [0.4, 0.5) is 0 Å². The SMILES string of the molecule is CN(C)C1CCN(CC(=O)Cc2ccccc2)C1. The molecule has 1 fully saturated rings. The maximum Gasteiger partial charge on any atom is 0.151 e. The van der Waals surface area contributed by atoms with Gasteiger partial charge in [-0.3, -0.25) is 9.69 Å². The predicted molar refractivity (Wildman–Crippen MR) is 73.7 cm³/mol. The van der Waals surface area contributed by atoms with Crippen LogP contribution < -0.4 is 0 Å². The van der Waals surface area contributed by atoms with Crippen LogP contribution in [0.1, 0.15) is 12.0 Å². The van der Waals surface area contributed by atoms with Crippen LogP contribution >= 0.6 is 0 Å². The molecule has 0 amide bonds. The normalized spacial score (nSPS) is 20.5. The van der Waals surface area contributed by atoms with Gasteiger partial charge in [-0.2, -0.15) is 0 Å². The highest BCUT2D eigenvalue weighted by atomic mass is 16.1. The number of hydrogen-bond acceptors (Lipinski definition) is 3. The third-order valence-electron chi connectivity index (χ3n) is 3.62. The topological polar surface area (TPSA) is 23.6 Å². The lowest BCUT2D eigenvalue weighted by atomic mass is 10.1. The maximum atomic E-state index is 12.0. The molecule has 98 valence electrons. The van der Waals surface area contributed by atoms with Crippen molar-refractivity contribution in [1.82, 2.24) is 9.80 Å². The molecule has 3 nitrogen and oxygen atoms in total. The number of benzene rings is 1. The summed E-state index contributed by atoms with van der Waals surface area (Å²) in [4.78, 5) is 16.5. The molecule has 0 aromatic heterocycles. The van der Waals surface area contributed by atoms with Crippen molar-refractivity contribution in [3.05, 3.63) is 35.9 Å². The Kier molecular flexibility index (Phi) is 4.50. The predicted octanol–water partition coefficient (Wildman–Crippen LogP) is 1.43. The minimum Gasteiger partial charge on any atom is -0.305 e. The van der Waals surface area contributed by atoms with Crippen molar-refractivity contribution < 1.29 is 4.79 Å². The van der Waals surface area contributed by atoms with E-state index in [4.69, 9.17) is 0 Å². The quantitative estimate of drug-likeness (QED) is 0.785. The molecule has 3 heteroatoms. The molecule has 1 aromatic carbocycles. The number of rotatable bonds is 5. The Morgan fingerprint density at radius 3 is 2.67 bits per heavy atom. The van der Waals surface area contributed by atoms with Crippen LogP contribution in [0.25, 0.3) is 0 Å². The van der Waals surface area contributed by atoms with E-state index in [1.54, 1.807) is 0 Å². The number of hydrogen-bond donors (Lipinski definition) is 0. The summed E-state index contributed by atoms with van der Waals surface area (Å²) in [5, 5.41) is 0. The summed E-state index contributed by atoms with van der Waals surface area (Å²) in [7, 11) is 4.22. The number of likely N-dealkylation sites (tertiary alicyclic amines) is 1. The van der Waals surface area contributed by atoms with Gasteiger partial charge in [0.05, 0.1) is 6.54 Å². The average molecular weight is 246 g/mol. The van der Waals surface area contributed by atoms with Crippen LogP contribution in [-0.4, -0.2) is 55.4 Å². The molecule has 0 N–H and O–H groups in total. The zero-order valence-electron chi connectivity index (χ0n) is 11.3. The fourth-order valence-corrected chi connectivity index (χ4v) is 2.51. The summed E-state index contributed by atoms with van der Waals surface area (Å²) in [6.45, 7) is 2.66. The van der Waals surface area contributed by atoms with E-state index in [-0.39, 0.29) is 0 Å². The van der Waals surface area contributed by atoms with Crippen LogP contribution in [0.2, 0.25) is 0 Å². The number of likely N-dealkylation sites (N-methyl/N-ethyl adjacent to an activating group) is 1. The zero-order chi connectivity index (χ0) is 13.0. The highest BCUT2D eigenvalue weighted by molar-refractivity contribution is 5.82. The lowest BCUT2D eigenvalue weighted by molar-refractivity contribution is -0.119. The summed E-state index contributed by atoms with van der Waals surface area (Å²) in [6, 6.07) is 10.6. The van der Waals surface area contributed by atoms with Gasteiger partial charge in [0, 0.05) is 25.6 Å². The van der Waals surface area contributed by atoms with Crippen LogP contribution in [0.5, 0.6) is 0 Å². The first kappa shape index (κ1) is 13.2. The van der Waals surface area contributed by atoms with E-state index in [9.17, 15) is 4.79 Å². The van der Waals surface area contributed by atoms with Gasteiger partial charge in [-0.25, -0.2) is 0 Å². The molecule has 1 saturated heterocycles. The zero-order valence-corrected chi connectivity index (χ0v) is 11.3. The van der Waals surface area contributed by atoms with E-state index < -0.39 is 0 Å². The van der Waals surface area contributed by atoms with E-state index in [1.807, 2.05) is 30.3 Å². The molecule has 0 bridgehead atoms. The second-order valence-electron chi connectivity index (χ2n) is 5.34. The lowest BCUT2D eigenvalue weighted by Gasteiger charge is -2.19. The molecule has 1 atom stereocenters. The molecule has 18 heavy (non-hydrogen) atoms. The van der Waals surface area contributed by atoms with Crippen LogP contribution in [0.15, 0.2) is 30.3 Å². The monoisotopic (exact) mass is 246 g/mol. The summed E-state index contributed by atoms with van der Waals surface area (Å²) in [5.74, 6) is 0.320. The molecule has 0 aliphatic carbocycles. The van der Waals surface area contributed by atoms with Crippen molar-refractivity contribution in [3.8, 4) is 0 Å². The first-order valence-electron chi connectivity index (χ1n) is 6.59. The summed E-state index contributed by atoms with van der Waals surface area (Å²) in [6.07, 6.45) is 1.73. The Hall–Kier alpha value is -1.19. The van der Waals surface area contributed by atoms with Crippen LogP contribution in [0.3, 0.4) is 0 Å². The van der Waals surface area contributed by atoms with E-state index in [0.717, 1.165) is 18.7 Å². The number of Topliss-reactive ketones (excluding diaryl/α,β-unsaturated/α-hetero) is 1. The highest BCUT2D eigenvalue weighted by Gasteiger charge is 2.24. The van der Waals surface area contributed by atoms with E-state index in [1.165, 1.54) is 6.42 Å². The second kappa shape index (κ2) is 6.12. The Morgan fingerprint density at radius 1 is 1.33 bits per heavy atom. The van der Waals surface area contributed by atoms with Gasteiger partial charge in [-0.1, -0.05) is 30.3 Å². The molecule has 1 aliphatic rings. The standard InChI is InChI=1S/C15H22N2O/c1-16(2)14-8-9-17(11-14)12-15(18)10-13-6-4-3-5-7-13/h3-7,14H,8-12H2,1-2H3. The van der Waals surface area contributed by atoms with Crippen molar-refractivity contribution in [2.24, 2.45) is 0 Å². The third-order valence-corrected chi connectivity index (χ3v) is 3.62. The molecular weight excluding hydrogens is 224 g/mol. The summed E-state index contributed by atoms with van der Waals surface area (Å²) >= 11 is 0. The number of ketones is 1. The van der Waals surface area contributed by atoms with Crippen molar-refractivity contribution in [1.29, 1.82) is 0 Å². The van der Waals surface area contributed by atoms with Gasteiger partial charge in [0.15, 0.2) is 5.78 Å². The Bertz CT molecular complexity index is 389. The van der Waals surface area contributed by atoms with Crippen LogP contribution in [0, 0.1) is 0 Å². The Labute approximate surface area is 109 Å². The van der Waals surface area contributed by atoms with Gasteiger partial charge < -0.3 is 4.90 Å². The van der Waals surface area contributed by atoms with Gasteiger partial charge in [0.2, 0.25) is 0 Å². The first-order valence-corrected chi connectivity index (χ1v) is 6.59. The minimum atomic E-state index is 0.320. The van der Waals surface area contributed by atoms with Crippen LogP contribution in [-0.2, 0) is 11.2 Å². The Balaban J connectivity index is 1.79. The number of carbonyl (C=O) groups excluding carboxylic acids is 1. The Morgan fingerprint density at radius 2 is 2.06 bits per heavy atom. The second-order valence-corrected chi connectivity index (χ2v) is 5.34. The molecule has 1 heterocycles. The fraction of sp³-hybridized carbons (Fsp3) is 0.533. The largest absolute Gasteiger partial charge is 0.305 e. The molecule has 0 saturated carbocycles. The van der Waals surface area contributed by atoms with E-state index in [2.05, 4.69) is 23.9 Å². The van der Waals surface area contributed by atoms with Gasteiger partial charge in [-0.05, 0) is 26.1 Å². The number of carbonyl (C=O) groups is 1. The first-order chi connectivity index (χ1) is 8.65. The molecule has 0 radical (unpaired) electrons. The smallest absolute Gasteiger partial charge is 0.151 e. The average Bonchev–Trinajstić information content (AvgIpc) is 2.78. The van der Waals surface area contributed by atoms with E-state index >= 15 is 0 Å². The van der Waals surface area contributed by atoms with Crippen molar-refractivity contribution in [3.63, 3.8) is 0 Å². The van der Waals surface area contributed by atoms with Gasteiger partial charge in [0.1, 0.15) is 0 Å². The lowest BCUT2D eigenvalue weighted by Crippen LogP contribution is -2.34. The third kappa shape index (κ3) is 3.65. The van der Waals surface area contributed by atoms with Gasteiger partial charge >= 0.3 is 0 Å². The van der Waals surface area contributed by atoms with Crippen molar-refractivity contribution >= 4 is 5.78 Å². The molecule has 2 rings (SSSR count). The van der Waals surface area contributed by atoms with Crippen molar-refractivity contribution in [2.45, 2.75) is 18.9 Å². The molecule has 0 spiro atoms. The van der Waals surface area contributed by atoms with E-state index in [0.29, 0.717) is 24.8 Å². The summed E-state index contributed by atoms with van der Waals surface area (Å²) in [5.41, 5.74) is 1.12. The van der Waals surface area contributed by atoms with Gasteiger partial charge in [-0.15, -0.1) is 0 Å².